The van der Waals surface area contributed by atoms with Crippen LogP contribution in [0.3, 0.4) is 0 Å². The molecule has 2 N–H and O–H groups in total. The fourth-order valence-corrected chi connectivity index (χ4v) is 3.69. The Hall–Kier alpha value is -4.45. The van der Waals surface area contributed by atoms with Gasteiger partial charge in [0.05, 0.1) is 22.4 Å². The van der Waals surface area contributed by atoms with Crippen LogP contribution in [0.4, 0.5) is 11.4 Å². The summed E-state index contributed by atoms with van der Waals surface area (Å²) < 4.78 is 5.34. The molecular formula is C25H16N2O4. The minimum absolute atomic E-state index is 0.171. The molecule has 0 radical (unpaired) electrons. The lowest BCUT2D eigenvalue weighted by Gasteiger charge is -2.16. The van der Waals surface area contributed by atoms with E-state index in [0.29, 0.717) is 17.1 Å². The molecule has 0 spiro atoms. The number of nitrogen functional groups attached to an aromatic ring is 1. The summed E-state index contributed by atoms with van der Waals surface area (Å²) in [5, 5.41) is 1.71. The molecule has 0 unspecified atom stereocenters. The number of anilines is 2. The molecule has 6 heteroatoms. The van der Waals surface area contributed by atoms with Crippen molar-refractivity contribution in [2.45, 2.75) is 0 Å². The number of carbonyl (C=O) groups excluding carboxylic acids is 3. The quantitative estimate of drug-likeness (QED) is 0.234. The molecule has 0 saturated heterocycles. The minimum atomic E-state index is -0.628. The first-order chi connectivity index (χ1) is 15.0. The van der Waals surface area contributed by atoms with Crippen LogP contribution in [0.25, 0.3) is 10.8 Å². The van der Waals surface area contributed by atoms with E-state index in [1.807, 2.05) is 30.3 Å². The lowest BCUT2D eigenvalue weighted by molar-refractivity contribution is 0.0734. The predicted molar refractivity (Wildman–Crippen MR) is 117 cm³/mol. The van der Waals surface area contributed by atoms with Gasteiger partial charge in [0.2, 0.25) is 0 Å². The summed E-state index contributed by atoms with van der Waals surface area (Å²) in [6.45, 7) is 0. The predicted octanol–water partition coefficient (Wildman–Crippen LogP) is 4.44. The SMILES string of the molecule is Nc1ccc(OC(=O)c2ccc3c(c2)C(=O)N(c2cccc4ccccc24)C3=O)cc1. The van der Waals surface area contributed by atoms with Gasteiger partial charge in [-0.1, -0.05) is 36.4 Å². The molecule has 0 bridgehead atoms. The maximum Gasteiger partial charge on any atom is 0.343 e. The van der Waals surface area contributed by atoms with E-state index in [4.69, 9.17) is 10.5 Å². The normalized spacial score (nSPS) is 12.8. The molecule has 0 fully saturated rings. The van der Waals surface area contributed by atoms with E-state index >= 15 is 0 Å². The fraction of sp³-hybridized carbons (Fsp3) is 0. The van der Waals surface area contributed by atoms with Gasteiger partial charge in [-0.3, -0.25) is 9.59 Å². The van der Waals surface area contributed by atoms with Crippen LogP contribution in [-0.4, -0.2) is 17.8 Å². The molecule has 0 atom stereocenters. The van der Waals surface area contributed by atoms with Crippen molar-refractivity contribution in [1.29, 1.82) is 0 Å². The third-order valence-electron chi connectivity index (χ3n) is 5.22. The van der Waals surface area contributed by atoms with Crippen molar-refractivity contribution in [2.24, 2.45) is 0 Å². The number of nitrogens with zero attached hydrogens (tertiary/aromatic N) is 1. The van der Waals surface area contributed by atoms with Crippen molar-refractivity contribution in [1.82, 2.24) is 0 Å². The molecule has 0 saturated carbocycles. The number of ether oxygens (including phenoxy) is 1. The number of benzene rings is 4. The monoisotopic (exact) mass is 408 g/mol. The Morgan fingerprint density at radius 2 is 1.48 bits per heavy atom. The van der Waals surface area contributed by atoms with Crippen LogP contribution in [0.2, 0.25) is 0 Å². The highest BCUT2D eigenvalue weighted by Crippen LogP contribution is 2.34. The zero-order valence-corrected chi connectivity index (χ0v) is 16.2. The minimum Gasteiger partial charge on any atom is -0.423 e. The first-order valence-electron chi connectivity index (χ1n) is 9.61. The van der Waals surface area contributed by atoms with Crippen molar-refractivity contribution in [2.75, 3.05) is 10.6 Å². The topological polar surface area (TPSA) is 89.7 Å². The summed E-state index contributed by atoms with van der Waals surface area (Å²) in [4.78, 5) is 39.9. The number of fused-ring (bicyclic) bond motifs is 2. The highest BCUT2D eigenvalue weighted by molar-refractivity contribution is 6.36. The van der Waals surface area contributed by atoms with Gasteiger partial charge in [0.15, 0.2) is 0 Å². The number of carbonyl (C=O) groups is 3. The van der Waals surface area contributed by atoms with E-state index in [1.165, 1.54) is 18.2 Å². The van der Waals surface area contributed by atoms with Gasteiger partial charge in [-0.2, -0.15) is 0 Å². The van der Waals surface area contributed by atoms with Crippen molar-refractivity contribution >= 4 is 39.9 Å². The zero-order chi connectivity index (χ0) is 21.5. The lowest BCUT2D eigenvalue weighted by Crippen LogP contribution is -2.29. The van der Waals surface area contributed by atoms with Gasteiger partial charge in [0.25, 0.3) is 11.8 Å². The fourth-order valence-electron chi connectivity index (χ4n) is 3.69. The molecule has 0 aromatic heterocycles. The number of hydrogen-bond acceptors (Lipinski definition) is 5. The molecule has 1 aliphatic rings. The summed E-state index contributed by atoms with van der Waals surface area (Å²) in [6.07, 6.45) is 0. The summed E-state index contributed by atoms with van der Waals surface area (Å²) >= 11 is 0. The van der Waals surface area contributed by atoms with E-state index in [2.05, 4.69) is 0 Å². The Morgan fingerprint density at radius 3 is 2.29 bits per heavy atom. The van der Waals surface area contributed by atoms with Gasteiger partial charge in [-0.15, -0.1) is 0 Å². The first-order valence-corrected chi connectivity index (χ1v) is 9.61. The molecule has 150 valence electrons. The highest BCUT2D eigenvalue weighted by Gasteiger charge is 2.38. The van der Waals surface area contributed by atoms with Crippen LogP contribution in [0.15, 0.2) is 84.9 Å². The van der Waals surface area contributed by atoms with E-state index in [-0.39, 0.29) is 16.7 Å². The molecule has 4 aromatic rings. The summed E-state index contributed by atoms with van der Waals surface area (Å²) in [5.74, 6) is -1.19. The molecule has 31 heavy (non-hydrogen) atoms. The van der Waals surface area contributed by atoms with Crippen molar-refractivity contribution in [3.8, 4) is 5.75 Å². The Labute approximate surface area is 177 Å². The van der Waals surface area contributed by atoms with Gasteiger partial charge in [0, 0.05) is 11.1 Å². The number of imide groups is 1. The molecule has 1 aliphatic heterocycles. The molecule has 2 amide bonds. The maximum absolute atomic E-state index is 13.2. The van der Waals surface area contributed by atoms with Crippen LogP contribution in [-0.2, 0) is 0 Å². The summed E-state index contributed by atoms with van der Waals surface area (Å²) in [6, 6.07) is 23.8. The molecule has 5 rings (SSSR count). The van der Waals surface area contributed by atoms with Crippen LogP contribution in [0.1, 0.15) is 31.1 Å². The summed E-state index contributed by atoms with van der Waals surface area (Å²) in [7, 11) is 0. The lowest BCUT2D eigenvalue weighted by atomic mass is 10.1. The molecular weight excluding hydrogens is 392 g/mol. The Kier molecular flexibility index (Phi) is 4.26. The van der Waals surface area contributed by atoms with E-state index in [1.54, 1.807) is 36.4 Å². The third kappa shape index (κ3) is 3.11. The largest absolute Gasteiger partial charge is 0.423 e. The number of rotatable bonds is 3. The standard InChI is InChI=1S/C25H16N2O4/c26-17-9-11-18(12-10-17)31-25(30)16-8-13-20-21(14-16)24(29)27(23(20)28)22-7-3-5-15-4-1-2-6-19(15)22/h1-14H,26H2. The van der Waals surface area contributed by atoms with Gasteiger partial charge >= 0.3 is 5.97 Å². The first kappa shape index (κ1) is 18.6. The van der Waals surface area contributed by atoms with E-state index in [9.17, 15) is 14.4 Å². The molecule has 0 aliphatic carbocycles. The third-order valence-corrected chi connectivity index (χ3v) is 5.22. The molecule has 6 nitrogen and oxygen atoms in total. The van der Waals surface area contributed by atoms with Crippen LogP contribution < -0.4 is 15.4 Å². The number of esters is 1. The van der Waals surface area contributed by atoms with Crippen molar-refractivity contribution in [3.05, 3.63) is 102 Å². The van der Waals surface area contributed by atoms with Crippen LogP contribution >= 0.6 is 0 Å². The number of nitrogens with two attached hydrogens (primary N) is 1. The smallest absolute Gasteiger partial charge is 0.343 e. The molecule has 1 heterocycles. The number of hydrogen-bond donors (Lipinski definition) is 1. The van der Waals surface area contributed by atoms with Crippen molar-refractivity contribution < 1.29 is 19.1 Å². The van der Waals surface area contributed by atoms with E-state index < -0.39 is 17.8 Å². The second-order valence-electron chi connectivity index (χ2n) is 7.16. The van der Waals surface area contributed by atoms with Crippen LogP contribution in [0.5, 0.6) is 5.75 Å². The van der Waals surface area contributed by atoms with Crippen molar-refractivity contribution in [3.63, 3.8) is 0 Å². The Balaban J connectivity index is 1.49. The van der Waals surface area contributed by atoms with Gasteiger partial charge in [0.1, 0.15) is 5.75 Å². The number of amides is 2. The Bertz CT molecular complexity index is 1370. The van der Waals surface area contributed by atoms with Gasteiger partial charge < -0.3 is 10.5 Å². The second-order valence-corrected chi connectivity index (χ2v) is 7.16. The average Bonchev–Trinajstić information content (AvgIpc) is 3.04. The second kappa shape index (κ2) is 7.11. The van der Waals surface area contributed by atoms with E-state index in [0.717, 1.165) is 15.7 Å². The Morgan fingerprint density at radius 1 is 0.774 bits per heavy atom. The van der Waals surface area contributed by atoms with Crippen LogP contribution in [0, 0.1) is 0 Å². The summed E-state index contributed by atoms with van der Waals surface area (Å²) in [5.41, 5.74) is 7.30. The highest BCUT2D eigenvalue weighted by atomic mass is 16.5. The molecule has 4 aromatic carbocycles. The zero-order valence-electron chi connectivity index (χ0n) is 16.2. The average molecular weight is 408 g/mol. The maximum atomic E-state index is 13.2. The van der Waals surface area contributed by atoms with Gasteiger partial charge in [-0.25, -0.2) is 9.69 Å². The van der Waals surface area contributed by atoms with Gasteiger partial charge in [-0.05, 0) is 53.9 Å².